The number of rotatable bonds is 3. The molecule has 9 heteroatoms. The normalized spacial score (nSPS) is 13.9. The van der Waals surface area contributed by atoms with Crippen LogP contribution in [0.3, 0.4) is 0 Å². The van der Waals surface area contributed by atoms with E-state index in [0.29, 0.717) is 10.7 Å². The van der Waals surface area contributed by atoms with Crippen LogP contribution in [0.5, 0.6) is 0 Å². The Kier molecular flexibility index (Phi) is 4.88. The third kappa shape index (κ3) is 4.60. The summed E-state index contributed by atoms with van der Waals surface area (Å²) in [6.45, 7) is 1.68. The van der Waals surface area contributed by atoms with Crippen molar-refractivity contribution in [1.29, 1.82) is 0 Å². The fraction of sp³-hybridized carbons (Fsp3) is 0.286. The summed E-state index contributed by atoms with van der Waals surface area (Å²) in [6.07, 6.45) is -7.48. The fourth-order valence-corrected chi connectivity index (χ4v) is 2.56. The SMILES string of the molecule is CC(Sc1ccc(C(F)(F)F)cn1)c1ccc(C(F)(F)F)cn1. The van der Waals surface area contributed by atoms with Crippen LogP contribution < -0.4 is 0 Å². The molecule has 0 saturated heterocycles. The van der Waals surface area contributed by atoms with Gasteiger partial charge in [0.05, 0.1) is 27.1 Å². The standard InChI is InChI=1S/C14H10F6N2S/c1-8(11-4-2-9(6-21-11)13(15,16)17)23-12-5-3-10(7-22-12)14(18,19)20/h2-8H,1H3. The van der Waals surface area contributed by atoms with E-state index in [1.54, 1.807) is 6.92 Å². The van der Waals surface area contributed by atoms with Gasteiger partial charge in [0.2, 0.25) is 0 Å². The molecule has 0 spiro atoms. The Bertz CT molecular complexity index is 649. The maximum Gasteiger partial charge on any atom is 0.417 e. The molecule has 23 heavy (non-hydrogen) atoms. The maximum absolute atomic E-state index is 12.5. The zero-order valence-electron chi connectivity index (χ0n) is 11.6. The molecule has 2 aromatic rings. The summed E-state index contributed by atoms with van der Waals surface area (Å²) in [5.74, 6) is 0. The molecule has 124 valence electrons. The highest BCUT2D eigenvalue weighted by Gasteiger charge is 2.31. The highest BCUT2D eigenvalue weighted by atomic mass is 32.2. The highest BCUT2D eigenvalue weighted by molar-refractivity contribution is 7.99. The van der Waals surface area contributed by atoms with Crippen molar-refractivity contribution in [1.82, 2.24) is 9.97 Å². The van der Waals surface area contributed by atoms with Crippen molar-refractivity contribution in [3.63, 3.8) is 0 Å². The summed E-state index contributed by atoms with van der Waals surface area (Å²) >= 11 is 1.11. The van der Waals surface area contributed by atoms with E-state index in [1.807, 2.05) is 0 Å². The monoisotopic (exact) mass is 352 g/mol. The van der Waals surface area contributed by atoms with Gasteiger partial charge in [-0.15, -0.1) is 0 Å². The molecule has 2 rings (SSSR count). The second kappa shape index (κ2) is 6.38. The molecule has 1 atom stereocenters. The Labute approximate surface area is 132 Å². The van der Waals surface area contributed by atoms with E-state index >= 15 is 0 Å². The fourth-order valence-electron chi connectivity index (χ4n) is 1.67. The van der Waals surface area contributed by atoms with Crippen molar-refractivity contribution in [2.75, 3.05) is 0 Å². The van der Waals surface area contributed by atoms with E-state index in [9.17, 15) is 26.3 Å². The molecule has 2 nitrogen and oxygen atoms in total. The number of hydrogen-bond donors (Lipinski definition) is 0. The molecule has 0 aliphatic heterocycles. The minimum atomic E-state index is -4.46. The molecule has 0 amide bonds. The Balaban J connectivity index is 2.08. The molecule has 0 aliphatic carbocycles. The Hall–Kier alpha value is -1.77. The number of alkyl halides is 6. The van der Waals surface area contributed by atoms with Crippen molar-refractivity contribution in [2.24, 2.45) is 0 Å². The quantitative estimate of drug-likeness (QED) is 0.549. The van der Waals surface area contributed by atoms with E-state index in [-0.39, 0.29) is 5.25 Å². The van der Waals surface area contributed by atoms with Crippen LogP contribution in [0.4, 0.5) is 26.3 Å². The van der Waals surface area contributed by atoms with Gasteiger partial charge in [0, 0.05) is 12.4 Å². The molecular formula is C14H10F6N2S. The average molecular weight is 352 g/mol. The number of thioether (sulfide) groups is 1. The zero-order chi connectivity index (χ0) is 17.3. The van der Waals surface area contributed by atoms with Gasteiger partial charge in [-0.05, 0) is 31.2 Å². The number of nitrogens with zero attached hydrogens (tertiary/aromatic N) is 2. The predicted molar refractivity (Wildman–Crippen MR) is 72.8 cm³/mol. The molecule has 0 saturated carbocycles. The second-order valence-electron chi connectivity index (χ2n) is 4.61. The first-order valence-electron chi connectivity index (χ1n) is 6.30. The topological polar surface area (TPSA) is 25.8 Å². The number of hydrogen-bond acceptors (Lipinski definition) is 3. The van der Waals surface area contributed by atoms with E-state index < -0.39 is 23.5 Å². The van der Waals surface area contributed by atoms with Crippen molar-refractivity contribution in [2.45, 2.75) is 29.6 Å². The third-order valence-corrected chi connectivity index (χ3v) is 3.97. The van der Waals surface area contributed by atoms with Gasteiger partial charge in [0.25, 0.3) is 0 Å². The first kappa shape index (κ1) is 17.6. The van der Waals surface area contributed by atoms with E-state index in [1.165, 1.54) is 12.1 Å². The minimum Gasteiger partial charge on any atom is -0.259 e. The highest BCUT2D eigenvalue weighted by Crippen LogP contribution is 2.35. The molecule has 0 fully saturated rings. The van der Waals surface area contributed by atoms with Crippen LogP contribution in [-0.4, -0.2) is 9.97 Å². The van der Waals surface area contributed by atoms with Gasteiger partial charge in [0.15, 0.2) is 0 Å². The molecule has 2 heterocycles. The zero-order valence-corrected chi connectivity index (χ0v) is 12.4. The van der Waals surface area contributed by atoms with Crippen LogP contribution in [0, 0.1) is 0 Å². The lowest BCUT2D eigenvalue weighted by atomic mass is 10.2. The minimum absolute atomic E-state index is 0.326. The van der Waals surface area contributed by atoms with Crippen LogP contribution in [-0.2, 0) is 12.4 Å². The van der Waals surface area contributed by atoms with Crippen molar-refractivity contribution in [3.05, 3.63) is 53.5 Å². The van der Waals surface area contributed by atoms with Gasteiger partial charge in [-0.1, -0.05) is 11.8 Å². The van der Waals surface area contributed by atoms with E-state index in [2.05, 4.69) is 9.97 Å². The molecule has 2 aromatic heterocycles. The van der Waals surface area contributed by atoms with Gasteiger partial charge in [0.1, 0.15) is 0 Å². The van der Waals surface area contributed by atoms with Crippen LogP contribution in [0.15, 0.2) is 41.7 Å². The molecule has 0 bridgehead atoms. The summed E-state index contributed by atoms with van der Waals surface area (Å²) in [4.78, 5) is 7.45. The summed E-state index contributed by atoms with van der Waals surface area (Å²) in [5, 5.41) is -0.0336. The summed E-state index contributed by atoms with van der Waals surface area (Å²) in [6, 6.07) is 4.28. The Morgan fingerprint density at radius 3 is 1.74 bits per heavy atom. The third-order valence-electron chi connectivity index (χ3n) is 2.89. The van der Waals surface area contributed by atoms with Crippen LogP contribution >= 0.6 is 11.8 Å². The first-order valence-corrected chi connectivity index (χ1v) is 7.18. The summed E-state index contributed by atoms with van der Waals surface area (Å²) < 4.78 is 74.7. The summed E-state index contributed by atoms with van der Waals surface area (Å²) in [7, 11) is 0. The number of pyridine rings is 2. The smallest absolute Gasteiger partial charge is 0.259 e. The lowest BCUT2D eigenvalue weighted by molar-refractivity contribution is -0.138. The van der Waals surface area contributed by atoms with E-state index in [0.717, 1.165) is 36.3 Å². The Morgan fingerprint density at radius 2 is 1.35 bits per heavy atom. The number of aromatic nitrogens is 2. The van der Waals surface area contributed by atoms with Crippen molar-refractivity contribution < 1.29 is 26.3 Å². The first-order chi connectivity index (χ1) is 10.6. The maximum atomic E-state index is 12.5. The van der Waals surface area contributed by atoms with Crippen molar-refractivity contribution >= 4 is 11.8 Å². The molecular weight excluding hydrogens is 342 g/mol. The Morgan fingerprint density at radius 1 is 0.826 bits per heavy atom. The lowest BCUT2D eigenvalue weighted by Crippen LogP contribution is -2.06. The van der Waals surface area contributed by atoms with Gasteiger partial charge in [-0.3, -0.25) is 4.98 Å². The van der Waals surface area contributed by atoms with Gasteiger partial charge >= 0.3 is 12.4 Å². The van der Waals surface area contributed by atoms with Crippen molar-refractivity contribution in [3.8, 4) is 0 Å². The molecule has 0 N–H and O–H groups in total. The average Bonchev–Trinajstić information content (AvgIpc) is 2.46. The second-order valence-corrected chi connectivity index (χ2v) is 5.97. The molecule has 0 aliphatic rings. The summed E-state index contributed by atoms with van der Waals surface area (Å²) in [5.41, 5.74) is -1.34. The van der Waals surface area contributed by atoms with Gasteiger partial charge in [-0.25, -0.2) is 4.98 Å². The number of halogens is 6. The molecule has 0 radical (unpaired) electrons. The van der Waals surface area contributed by atoms with Crippen LogP contribution in [0.25, 0.3) is 0 Å². The van der Waals surface area contributed by atoms with E-state index in [4.69, 9.17) is 0 Å². The molecule has 1 unspecified atom stereocenters. The predicted octanol–water partition coefficient (Wildman–Crippen LogP) is 5.37. The van der Waals surface area contributed by atoms with Gasteiger partial charge < -0.3 is 0 Å². The largest absolute Gasteiger partial charge is 0.417 e. The lowest BCUT2D eigenvalue weighted by Gasteiger charge is -2.12. The van der Waals surface area contributed by atoms with Crippen LogP contribution in [0.1, 0.15) is 29.0 Å². The van der Waals surface area contributed by atoms with Crippen LogP contribution in [0.2, 0.25) is 0 Å². The molecule has 0 aromatic carbocycles. The van der Waals surface area contributed by atoms with Gasteiger partial charge in [-0.2, -0.15) is 26.3 Å².